The molecule has 0 aliphatic carbocycles. The van der Waals surface area contributed by atoms with E-state index in [0.29, 0.717) is 6.10 Å². The van der Waals surface area contributed by atoms with Crippen molar-refractivity contribution in [3.8, 4) is 0 Å². The van der Waals surface area contributed by atoms with Crippen LogP contribution in [0.25, 0.3) is 0 Å². The zero-order valence-corrected chi connectivity index (χ0v) is 8.51. The second-order valence-electron chi connectivity index (χ2n) is 2.44. The maximum absolute atomic E-state index is 5.60. The summed E-state index contributed by atoms with van der Waals surface area (Å²) in [6.07, 6.45) is 4.09. The minimum absolute atomic E-state index is 0.393. The summed E-state index contributed by atoms with van der Waals surface area (Å²) in [6.45, 7) is 8.04. The van der Waals surface area contributed by atoms with Gasteiger partial charge in [-0.3, -0.25) is 0 Å². The van der Waals surface area contributed by atoms with Crippen molar-refractivity contribution in [3.05, 3.63) is 12.3 Å². The molecule has 0 heterocycles. The summed E-state index contributed by atoms with van der Waals surface area (Å²) in [5.74, 6) is 0. The maximum Gasteiger partial charge on any atom is 0.184 e. The maximum atomic E-state index is 5.60. The molecule has 0 spiro atoms. The monoisotopic (exact) mass is 158 g/mol. The van der Waals surface area contributed by atoms with Crippen LogP contribution in [0.4, 0.5) is 0 Å². The molecule has 0 fully saturated rings. The lowest BCUT2D eigenvalue weighted by atomic mass is 10.2. The molecule has 0 bridgehead atoms. The van der Waals surface area contributed by atoms with Gasteiger partial charge in [0.05, 0.1) is 0 Å². The van der Waals surface area contributed by atoms with Crippen LogP contribution in [0.2, 0.25) is 0 Å². The zero-order chi connectivity index (χ0) is 7.82. The minimum Gasteiger partial charge on any atom is -0.416 e. The molecule has 2 heteroatoms. The fourth-order valence-electron chi connectivity index (χ4n) is 0.931. The van der Waals surface area contributed by atoms with Gasteiger partial charge in [-0.25, -0.2) is 0 Å². The number of hydrogen-bond donors (Lipinski definition) is 0. The molecule has 1 unspecified atom stereocenters. The van der Waals surface area contributed by atoms with Gasteiger partial charge in [0.1, 0.15) is 0 Å². The molecule has 1 atom stereocenters. The molecule has 0 aromatic rings. The van der Waals surface area contributed by atoms with Crippen LogP contribution >= 0.6 is 0 Å². The Bertz CT molecular complexity index is 83.3. The van der Waals surface area contributed by atoms with E-state index in [9.17, 15) is 0 Å². The predicted molar refractivity (Wildman–Crippen MR) is 48.8 cm³/mol. The molecule has 0 radical (unpaired) electrons. The molecule has 0 rings (SSSR count). The van der Waals surface area contributed by atoms with Gasteiger partial charge in [0.15, 0.2) is 9.76 Å². The van der Waals surface area contributed by atoms with Crippen molar-refractivity contribution in [3.63, 3.8) is 0 Å². The van der Waals surface area contributed by atoms with E-state index in [1.54, 1.807) is 0 Å². The minimum atomic E-state index is -0.393. The fourth-order valence-corrected chi connectivity index (χ4v) is 1.74. The zero-order valence-electron chi connectivity index (χ0n) is 7.10. The van der Waals surface area contributed by atoms with E-state index in [1.165, 1.54) is 12.8 Å². The Morgan fingerprint density at radius 2 is 2.30 bits per heavy atom. The smallest absolute Gasteiger partial charge is 0.184 e. The normalized spacial score (nSPS) is 14.2. The summed E-state index contributed by atoms with van der Waals surface area (Å²) in [5, 5.41) is 0. The van der Waals surface area contributed by atoms with Crippen LogP contribution in [-0.4, -0.2) is 15.9 Å². The van der Waals surface area contributed by atoms with Crippen LogP contribution in [0.15, 0.2) is 12.3 Å². The molecule has 0 aliphatic rings. The molecule has 0 aromatic heterocycles. The van der Waals surface area contributed by atoms with Crippen molar-refractivity contribution in [2.75, 3.05) is 0 Å². The molecule has 0 amide bonds. The number of hydrogen-bond acceptors (Lipinski definition) is 1. The summed E-state index contributed by atoms with van der Waals surface area (Å²) in [4.78, 5) is 0. The topological polar surface area (TPSA) is 9.23 Å². The van der Waals surface area contributed by atoms with E-state index in [2.05, 4.69) is 20.4 Å². The van der Waals surface area contributed by atoms with Gasteiger partial charge < -0.3 is 4.43 Å². The summed E-state index contributed by atoms with van der Waals surface area (Å²) >= 11 is 0. The van der Waals surface area contributed by atoms with Crippen molar-refractivity contribution in [2.24, 2.45) is 0 Å². The highest BCUT2D eigenvalue weighted by atomic mass is 28.2. The Hall–Kier alpha value is -0.0831. The first-order chi connectivity index (χ1) is 4.85. The molecule has 0 saturated heterocycles. The van der Waals surface area contributed by atoms with Gasteiger partial charge in [-0.15, -0.1) is 6.58 Å². The predicted octanol–water partition coefficient (Wildman–Crippen LogP) is 1.81. The molecule has 60 valence electrons. The first-order valence-electron chi connectivity index (χ1n) is 4.07. The Morgan fingerprint density at radius 1 is 1.60 bits per heavy atom. The summed E-state index contributed by atoms with van der Waals surface area (Å²) in [5.41, 5.74) is 1.94. The van der Waals surface area contributed by atoms with E-state index in [4.69, 9.17) is 4.43 Å². The third kappa shape index (κ3) is 4.76. The number of rotatable bonds is 6. The summed E-state index contributed by atoms with van der Waals surface area (Å²) in [7, 11) is -0.393. The molecule has 10 heavy (non-hydrogen) atoms. The van der Waals surface area contributed by atoms with Crippen molar-refractivity contribution >= 4 is 9.76 Å². The average Bonchev–Trinajstić information content (AvgIpc) is 1.98. The average molecular weight is 158 g/mol. The third-order valence-electron chi connectivity index (χ3n) is 1.52. The highest BCUT2D eigenvalue weighted by molar-refractivity contribution is 6.34. The summed E-state index contributed by atoms with van der Waals surface area (Å²) < 4.78 is 5.60. The van der Waals surface area contributed by atoms with Gasteiger partial charge in [-0.05, 0) is 12.8 Å². The largest absolute Gasteiger partial charge is 0.416 e. The SMILES string of the molecule is C=C[SiH2]OC(CC)CCC. The molecule has 0 aromatic carbocycles. The van der Waals surface area contributed by atoms with Crippen LogP contribution in [0.5, 0.6) is 0 Å². The quantitative estimate of drug-likeness (QED) is 0.536. The van der Waals surface area contributed by atoms with E-state index in [1.807, 2.05) is 5.70 Å². The second-order valence-corrected chi connectivity index (χ2v) is 3.68. The van der Waals surface area contributed by atoms with E-state index >= 15 is 0 Å². The summed E-state index contributed by atoms with van der Waals surface area (Å²) in [6, 6.07) is 0. The molecule has 0 aliphatic heterocycles. The van der Waals surface area contributed by atoms with E-state index in [-0.39, 0.29) is 0 Å². The first kappa shape index (κ1) is 9.92. The van der Waals surface area contributed by atoms with Crippen molar-refractivity contribution in [1.29, 1.82) is 0 Å². The van der Waals surface area contributed by atoms with Crippen molar-refractivity contribution < 1.29 is 4.43 Å². The highest BCUT2D eigenvalue weighted by Gasteiger charge is 2.01. The van der Waals surface area contributed by atoms with Gasteiger partial charge in [0.25, 0.3) is 0 Å². The van der Waals surface area contributed by atoms with Gasteiger partial charge in [0.2, 0.25) is 0 Å². The van der Waals surface area contributed by atoms with Crippen LogP contribution < -0.4 is 0 Å². The Kier molecular flexibility index (Phi) is 6.97. The first-order valence-corrected chi connectivity index (χ1v) is 5.47. The molecular formula is C8H18OSi. The van der Waals surface area contributed by atoms with Crippen LogP contribution in [-0.2, 0) is 4.43 Å². The highest BCUT2D eigenvalue weighted by Crippen LogP contribution is 2.04. The standard InChI is InChI=1S/C8H18OSi/c1-4-7-8(5-2)9-10-6-3/h6,8H,3-5,7,10H2,1-2H3. The fraction of sp³-hybridized carbons (Fsp3) is 0.750. The third-order valence-corrected chi connectivity index (χ3v) is 2.42. The Morgan fingerprint density at radius 3 is 2.70 bits per heavy atom. The Balaban J connectivity index is 3.29. The molecular weight excluding hydrogens is 140 g/mol. The lowest BCUT2D eigenvalue weighted by Gasteiger charge is -2.13. The van der Waals surface area contributed by atoms with Gasteiger partial charge in [-0.2, -0.15) is 0 Å². The van der Waals surface area contributed by atoms with Gasteiger partial charge in [0, 0.05) is 6.10 Å². The lowest BCUT2D eigenvalue weighted by molar-refractivity contribution is 0.198. The van der Waals surface area contributed by atoms with Crippen molar-refractivity contribution in [2.45, 2.75) is 39.2 Å². The van der Waals surface area contributed by atoms with Gasteiger partial charge >= 0.3 is 0 Å². The second kappa shape index (κ2) is 7.03. The van der Waals surface area contributed by atoms with Crippen LogP contribution in [0.3, 0.4) is 0 Å². The molecule has 0 N–H and O–H groups in total. The van der Waals surface area contributed by atoms with Gasteiger partial charge in [-0.1, -0.05) is 26.0 Å². The van der Waals surface area contributed by atoms with Crippen LogP contribution in [0.1, 0.15) is 33.1 Å². The van der Waals surface area contributed by atoms with E-state index < -0.39 is 9.76 Å². The molecule has 0 saturated carbocycles. The van der Waals surface area contributed by atoms with Crippen LogP contribution in [0, 0.1) is 0 Å². The Labute approximate surface area is 66.4 Å². The van der Waals surface area contributed by atoms with Crippen molar-refractivity contribution in [1.82, 2.24) is 0 Å². The van der Waals surface area contributed by atoms with E-state index in [0.717, 1.165) is 6.42 Å². The lowest BCUT2D eigenvalue weighted by Crippen LogP contribution is -2.12. The molecule has 1 nitrogen and oxygen atoms in total.